The maximum absolute atomic E-state index is 13.6. The number of alkyl halides is 3. The van der Waals surface area contributed by atoms with Gasteiger partial charge in [0.15, 0.2) is 18.2 Å². The third kappa shape index (κ3) is 5.21. The second kappa shape index (κ2) is 8.17. The molecule has 0 saturated heterocycles. The largest absolute Gasteiger partial charge is 0.573 e. The number of methoxy groups -OCH3 is 1. The molecular formula is C18H12F4N2O5. The molecule has 3 aromatic rings. The molecule has 0 saturated carbocycles. The number of carbonyl (C=O) groups excluding carboxylic acids is 1. The molecule has 0 aliphatic rings. The van der Waals surface area contributed by atoms with E-state index in [-0.39, 0.29) is 29.6 Å². The molecule has 3 rings (SSSR count). The topological polar surface area (TPSA) is 83.7 Å². The van der Waals surface area contributed by atoms with Crippen molar-refractivity contribution >= 4 is 5.97 Å². The minimum absolute atomic E-state index is 0.0188. The molecule has 11 heteroatoms. The van der Waals surface area contributed by atoms with Crippen LogP contribution in [0.1, 0.15) is 16.2 Å². The summed E-state index contributed by atoms with van der Waals surface area (Å²) in [4.78, 5) is 16.0. The highest BCUT2D eigenvalue weighted by molar-refractivity contribution is 5.89. The van der Waals surface area contributed by atoms with Gasteiger partial charge in [0.1, 0.15) is 5.75 Å². The highest BCUT2D eigenvalue weighted by Gasteiger charge is 2.31. The standard InChI is InChI=1S/C18H12F4N2O5/c1-26-14-7-4-11(8-13(14)19)17(25)27-9-15-23-16(24-29-15)10-2-5-12(6-3-10)28-18(20,21)22/h2-8H,9H2,1H3. The molecule has 1 aromatic heterocycles. The normalized spacial score (nSPS) is 11.2. The van der Waals surface area contributed by atoms with Gasteiger partial charge >= 0.3 is 12.3 Å². The first-order chi connectivity index (χ1) is 13.7. The second-order valence-corrected chi connectivity index (χ2v) is 5.51. The summed E-state index contributed by atoms with van der Waals surface area (Å²) in [5.74, 6) is -1.94. The van der Waals surface area contributed by atoms with Crippen molar-refractivity contribution < 1.29 is 41.1 Å². The lowest BCUT2D eigenvalue weighted by molar-refractivity contribution is -0.274. The SMILES string of the molecule is COc1ccc(C(=O)OCc2nc(-c3ccc(OC(F)(F)F)cc3)no2)cc1F. The fourth-order valence-corrected chi connectivity index (χ4v) is 2.24. The Morgan fingerprint density at radius 3 is 2.48 bits per heavy atom. The quantitative estimate of drug-likeness (QED) is 0.444. The Morgan fingerprint density at radius 1 is 1.14 bits per heavy atom. The van der Waals surface area contributed by atoms with Crippen LogP contribution in [0.15, 0.2) is 47.0 Å². The average Bonchev–Trinajstić information content (AvgIpc) is 3.14. The fourth-order valence-electron chi connectivity index (χ4n) is 2.24. The molecule has 2 aromatic carbocycles. The molecule has 0 aliphatic carbocycles. The van der Waals surface area contributed by atoms with Crippen LogP contribution in [0.4, 0.5) is 17.6 Å². The Morgan fingerprint density at radius 2 is 1.86 bits per heavy atom. The Kier molecular flexibility index (Phi) is 5.66. The van der Waals surface area contributed by atoms with Crippen molar-refractivity contribution in [1.82, 2.24) is 10.1 Å². The summed E-state index contributed by atoms with van der Waals surface area (Å²) in [7, 11) is 1.29. The van der Waals surface area contributed by atoms with Crippen LogP contribution in [0.25, 0.3) is 11.4 Å². The number of hydrogen-bond donors (Lipinski definition) is 0. The van der Waals surface area contributed by atoms with Gasteiger partial charge in [-0.2, -0.15) is 4.98 Å². The minimum atomic E-state index is -4.79. The van der Waals surface area contributed by atoms with Gasteiger partial charge in [-0.15, -0.1) is 13.2 Å². The van der Waals surface area contributed by atoms with Crippen molar-refractivity contribution in [3.05, 3.63) is 59.7 Å². The highest BCUT2D eigenvalue weighted by atomic mass is 19.4. The van der Waals surface area contributed by atoms with E-state index < -0.39 is 23.9 Å². The summed E-state index contributed by atoms with van der Waals surface area (Å²) in [6.07, 6.45) is -4.79. The number of rotatable bonds is 6. The minimum Gasteiger partial charge on any atom is -0.494 e. The van der Waals surface area contributed by atoms with Crippen molar-refractivity contribution in [3.8, 4) is 22.9 Å². The van der Waals surface area contributed by atoms with Crippen LogP contribution in [-0.4, -0.2) is 29.6 Å². The van der Waals surface area contributed by atoms with E-state index in [1.165, 1.54) is 31.4 Å². The zero-order chi connectivity index (χ0) is 21.0. The van der Waals surface area contributed by atoms with Crippen LogP contribution < -0.4 is 9.47 Å². The van der Waals surface area contributed by atoms with E-state index in [0.29, 0.717) is 5.56 Å². The van der Waals surface area contributed by atoms with Crippen LogP contribution in [0.3, 0.4) is 0 Å². The lowest BCUT2D eigenvalue weighted by Crippen LogP contribution is -2.16. The third-order valence-corrected chi connectivity index (χ3v) is 3.53. The van der Waals surface area contributed by atoms with Gasteiger partial charge in [0.25, 0.3) is 5.89 Å². The van der Waals surface area contributed by atoms with Crippen molar-refractivity contribution in [2.75, 3.05) is 7.11 Å². The Bertz CT molecular complexity index is 1000. The second-order valence-electron chi connectivity index (χ2n) is 5.51. The van der Waals surface area contributed by atoms with E-state index in [0.717, 1.165) is 18.2 Å². The maximum atomic E-state index is 13.6. The molecule has 29 heavy (non-hydrogen) atoms. The maximum Gasteiger partial charge on any atom is 0.573 e. The Balaban J connectivity index is 1.61. The summed E-state index contributed by atoms with van der Waals surface area (Å²) in [6, 6.07) is 8.37. The first-order valence-corrected chi connectivity index (χ1v) is 7.94. The van der Waals surface area contributed by atoms with E-state index in [2.05, 4.69) is 14.9 Å². The van der Waals surface area contributed by atoms with Crippen molar-refractivity contribution in [3.63, 3.8) is 0 Å². The summed E-state index contributed by atoms with van der Waals surface area (Å²) in [5.41, 5.74) is 0.321. The van der Waals surface area contributed by atoms with Crippen LogP contribution in [-0.2, 0) is 11.3 Å². The summed E-state index contributed by atoms with van der Waals surface area (Å²) >= 11 is 0. The first-order valence-electron chi connectivity index (χ1n) is 7.94. The van der Waals surface area contributed by atoms with E-state index in [1.54, 1.807) is 0 Å². The molecule has 0 unspecified atom stereocenters. The average molecular weight is 412 g/mol. The number of esters is 1. The van der Waals surface area contributed by atoms with Crippen LogP contribution in [0.5, 0.6) is 11.5 Å². The predicted molar refractivity (Wildman–Crippen MR) is 88.5 cm³/mol. The molecule has 0 atom stereocenters. The van der Waals surface area contributed by atoms with E-state index >= 15 is 0 Å². The lowest BCUT2D eigenvalue weighted by Gasteiger charge is -2.08. The highest BCUT2D eigenvalue weighted by Crippen LogP contribution is 2.25. The molecule has 0 N–H and O–H groups in total. The number of hydrogen-bond acceptors (Lipinski definition) is 7. The number of aromatic nitrogens is 2. The predicted octanol–water partition coefficient (Wildman–Crippen LogP) is 4.14. The zero-order valence-corrected chi connectivity index (χ0v) is 14.7. The summed E-state index contributed by atoms with van der Waals surface area (Å²) < 4.78 is 68.6. The van der Waals surface area contributed by atoms with Gasteiger partial charge in [0, 0.05) is 5.56 Å². The van der Waals surface area contributed by atoms with Gasteiger partial charge < -0.3 is 18.7 Å². The molecule has 0 radical (unpaired) electrons. The summed E-state index contributed by atoms with van der Waals surface area (Å²) in [6.45, 7) is -0.380. The fraction of sp³-hybridized carbons (Fsp3) is 0.167. The number of carbonyl (C=O) groups is 1. The molecule has 0 spiro atoms. The van der Waals surface area contributed by atoms with Gasteiger partial charge in [-0.1, -0.05) is 5.16 Å². The van der Waals surface area contributed by atoms with Gasteiger partial charge in [0.2, 0.25) is 5.82 Å². The number of nitrogens with zero attached hydrogens (tertiary/aromatic N) is 2. The van der Waals surface area contributed by atoms with Gasteiger partial charge in [-0.25, -0.2) is 9.18 Å². The van der Waals surface area contributed by atoms with Gasteiger partial charge in [0.05, 0.1) is 12.7 Å². The van der Waals surface area contributed by atoms with E-state index in [9.17, 15) is 22.4 Å². The molecule has 7 nitrogen and oxygen atoms in total. The molecule has 0 bridgehead atoms. The smallest absolute Gasteiger partial charge is 0.494 e. The number of halogens is 4. The molecule has 0 amide bonds. The van der Waals surface area contributed by atoms with Crippen molar-refractivity contribution in [2.45, 2.75) is 13.0 Å². The Labute approximate surface area is 160 Å². The van der Waals surface area contributed by atoms with Gasteiger partial charge in [-0.05, 0) is 42.5 Å². The first kappa shape index (κ1) is 20.1. The van der Waals surface area contributed by atoms with Crippen molar-refractivity contribution in [1.29, 1.82) is 0 Å². The van der Waals surface area contributed by atoms with E-state index in [4.69, 9.17) is 14.0 Å². The third-order valence-electron chi connectivity index (χ3n) is 3.53. The number of benzene rings is 2. The Hall–Kier alpha value is -3.63. The van der Waals surface area contributed by atoms with Crippen LogP contribution >= 0.6 is 0 Å². The van der Waals surface area contributed by atoms with E-state index in [1.807, 2.05) is 0 Å². The lowest BCUT2D eigenvalue weighted by atomic mass is 10.2. The summed E-state index contributed by atoms with van der Waals surface area (Å²) in [5, 5.41) is 3.66. The van der Waals surface area contributed by atoms with Crippen LogP contribution in [0.2, 0.25) is 0 Å². The molecule has 152 valence electrons. The van der Waals surface area contributed by atoms with Crippen molar-refractivity contribution in [2.24, 2.45) is 0 Å². The van der Waals surface area contributed by atoms with Crippen LogP contribution in [0, 0.1) is 5.82 Å². The molecular weight excluding hydrogens is 400 g/mol. The van der Waals surface area contributed by atoms with Gasteiger partial charge in [-0.3, -0.25) is 0 Å². The zero-order valence-electron chi connectivity index (χ0n) is 14.7. The molecule has 0 fully saturated rings. The monoisotopic (exact) mass is 412 g/mol. The molecule has 0 aliphatic heterocycles. The number of ether oxygens (including phenoxy) is 3. The molecule has 1 heterocycles.